The summed E-state index contributed by atoms with van der Waals surface area (Å²) in [6.45, 7) is 1.88. The molecule has 4 rings (SSSR count). The predicted octanol–water partition coefficient (Wildman–Crippen LogP) is 2.38. The fraction of sp³-hybridized carbons (Fsp3) is 0.556. The Hall–Kier alpha value is -1.99. The van der Waals surface area contributed by atoms with E-state index in [0.29, 0.717) is 13.2 Å². The summed E-state index contributed by atoms with van der Waals surface area (Å²) < 4.78 is 26.6. The number of ether oxygens (including phenoxy) is 2. The molecule has 2 unspecified atom stereocenters. The van der Waals surface area contributed by atoms with Crippen LogP contribution in [0.1, 0.15) is 42.5 Å². The van der Waals surface area contributed by atoms with Crippen molar-refractivity contribution in [1.82, 2.24) is 20.1 Å². The SMILES string of the molecule is COCc1nc2n(n1)CC(NC1CCCOc3ccc(F)cc31)CC2. The van der Waals surface area contributed by atoms with Crippen molar-refractivity contribution in [2.24, 2.45) is 0 Å². The number of aromatic nitrogens is 3. The lowest BCUT2D eigenvalue weighted by molar-refractivity contribution is 0.177. The molecule has 7 heteroatoms. The Bertz CT molecular complexity index is 749. The van der Waals surface area contributed by atoms with E-state index in [4.69, 9.17) is 9.47 Å². The van der Waals surface area contributed by atoms with Crippen molar-refractivity contribution in [3.05, 3.63) is 41.2 Å². The molecule has 2 aliphatic rings. The molecule has 25 heavy (non-hydrogen) atoms. The van der Waals surface area contributed by atoms with Crippen molar-refractivity contribution in [2.45, 2.75) is 50.9 Å². The Kier molecular flexibility index (Phi) is 4.67. The van der Waals surface area contributed by atoms with E-state index in [1.54, 1.807) is 19.2 Å². The first-order valence-corrected chi connectivity index (χ1v) is 8.83. The predicted molar refractivity (Wildman–Crippen MR) is 89.8 cm³/mol. The molecule has 2 aliphatic heterocycles. The smallest absolute Gasteiger partial charge is 0.176 e. The van der Waals surface area contributed by atoms with Crippen LogP contribution >= 0.6 is 0 Å². The Morgan fingerprint density at radius 2 is 2.32 bits per heavy atom. The number of hydrogen-bond acceptors (Lipinski definition) is 5. The van der Waals surface area contributed by atoms with Gasteiger partial charge in [-0.25, -0.2) is 14.1 Å². The number of rotatable bonds is 4. The van der Waals surface area contributed by atoms with Crippen LogP contribution in [0.2, 0.25) is 0 Å². The van der Waals surface area contributed by atoms with Crippen LogP contribution in [0.15, 0.2) is 18.2 Å². The number of nitrogens with zero attached hydrogens (tertiary/aromatic N) is 3. The summed E-state index contributed by atoms with van der Waals surface area (Å²) in [6.07, 6.45) is 3.76. The van der Waals surface area contributed by atoms with E-state index in [-0.39, 0.29) is 17.9 Å². The fourth-order valence-corrected chi connectivity index (χ4v) is 3.69. The van der Waals surface area contributed by atoms with Crippen LogP contribution in [0.3, 0.4) is 0 Å². The van der Waals surface area contributed by atoms with Gasteiger partial charge in [0.25, 0.3) is 0 Å². The van der Waals surface area contributed by atoms with Crippen LogP contribution in [0.5, 0.6) is 5.75 Å². The second kappa shape index (κ2) is 7.09. The molecule has 0 spiro atoms. The number of aryl methyl sites for hydroxylation is 1. The molecule has 1 N–H and O–H groups in total. The van der Waals surface area contributed by atoms with Gasteiger partial charge in [-0.15, -0.1) is 0 Å². The maximum atomic E-state index is 13.7. The molecule has 0 bridgehead atoms. The third kappa shape index (κ3) is 3.52. The topological polar surface area (TPSA) is 61.2 Å². The molecule has 0 aliphatic carbocycles. The highest BCUT2D eigenvalue weighted by Crippen LogP contribution is 2.33. The van der Waals surface area contributed by atoms with Crippen molar-refractivity contribution in [3.8, 4) is 5.75 Å². The zero-order valence-corrected chi connectivity index (χ0v) is 14.4. The molecule has 0 saturated carbocycles. The van der Waals surface area contributed by atoms with Gasteiger partial charge < -0.3 is 14.8 Å². The van der Waals surface area contributed by atoms with Gasteiger partial charge >= 0.3 is 0 Å². The molecular weight excluding hydrogens is 323 g/mol. The van der Waals surface area contributed by atoms with Crippen molar-refractivity contribution in [2.75, 3.05) is 13.7 Å². The quantitative estimate of drug-likeness (QED) is 0.921. The molecular formula is C18H23FN4O2. The average Bonchev–Trinajstić information content (AvgIpc) is 2.90. The summed E-state index contributed by atoms with van der Waals surface area (Å²) in [4.78, 5) is 4.51. The second-order valence-corrected chi connectivity index (χ2v) is 6.69. The Labute approximate surface area is 146 Å². The Morgan fingerprint density at radius 1 is 1.40 bits per heavy atom. The summed E-state index contributed by atoms with van der Waals surface area (Å²) >= 11 is 0. The van der Waals surface area contributed by atoms with Crippen molar-refractivity contribution < 1.29 is 13.9 Å². The van der Waals surface area contributed by atoms with E-state index in [9.17, 15) is 4.39 Å². The maximum Gasteiger partial charge on any atom is 0.176 e. The third-order valence-electron chi connectivity index (χ3n) is 4.85. The summed E-state index contributed by atoms with van der Waals surface area (Å²) in [6, 6.07) is 5.17. The molecule has 0 fully saturated rings. The van der Waals surface area contributed by atoms with Gasteiger partial charge in [0.15, 0.2) is 5.82 Å². The molecule has 0 saturated heterocycles. The van der Waals surface area contributed by atoms with Gasteiger partial charge in [-0.05, 0) is 37.5 Å². The van der Waals surface area contributed by atoms with E-state index in [1.807, 2.05) is 4.68 Å². The molecule has 6 nitrogen and oxygen atoms in total. The summed E-state index contributed by atoms with van der Waals surface area (Å²) in [5.74, 6) is 2.31. The standard InChI is InChI=1S/C18H23FN4O2/c1-24-11-17-21-18-7-5-13(10-23(18)22-17)20-15-3-2-8-25-16-6-4-12(19)9-14(15)16/h4,6,9,13,15,20H,2-3,5,7-8,10-11H2,1H3. The maximum absolute atomic E-state index is 13.7. The van der Waals surface area contributed by atoms with Crippen LogP contribution in [-0.4, -0.2) is 34.5 Å². The minimum absolute atomic E-state index is 0.0988. The molecule has 0 radical (unpaired) electrons. The molecule has 134 valence electrons. The van der Waals surface area contributed by atoms with E-state index >= 15 is 0 Å². The number of fused-ring (bicyclic) bond motifs is 2. The normalized spacial score (nSPS) is 22.6. The largest absolute Gasteiger partial charge is 0.493 e. The van der Waals surface area contributed by atoms with Gasteiger partial charge in [-0.2, -0.15) is 5.10 Å². The lowest BCUT2D eigenvalue weighted by Crippen LogP contribution is -2.40. The fourth-order valence-electron chi connectivity index (χ4n) is 3.69. The first kappa shape index (κ1) is 16.5. The lowest BCUT2D eigenvalue weighted by Gasteiger charge is -2.28. The molecule has 0 amide bonds. The van der Waals surface area contributed by atoms with Crippen molar-refractivity contribution in [1.29, 1.82) is 0 Å². The van der Waals surface area contributed by atoms with Crippen LogP contribution < -0.4 is 10.1 Å². The van der Waals surface area contributed by atoms with Crippen LogP contribution in [0.4, 0.5) is 4.39 Å². The summed E-state index contributed by atoms with van der Waals surface area (Å²) in [5.41, 5.74) is 0.918. The summed E-state index contributed by atoms with van der Waals surface area (Å²) in [5, 5.41) is 8.21. The molecule has 2 aromatic rings. The average molecular weight is 346 g/mol. The van der Waals surface area contributed by atoms with E-state index in [2.05, 4.69) is 15.4 Å². The van der Waals surface area contributed by atoms with Crippen LogP contribution in [0.25, 0.3) is 0 Å². The summed E-state index contributed by atoms with van der Waals surface area (Å²) in [7, 11) is 1.65. The van der Waals surface area contributed by atoms with Gasteiger partial charge in [0.2, 0.25) is 0 Å². The first-order valence-electron chi connectivity index (χ1n) is 8.83. The van der Waals surface area contributed by atoms with E-state index in [0.717, 1.165) is 55.2 Å². The minimum atomic E-state index is -0.220. The Balaban J connectivity index is 1.50. The zero-order valence-electron chi connectivity index (χ0n) is 14.4. The highest BCUT2D eigenvalue weighted by Gasteiger charge is 2.27. The van der Waals surface area contributed by atoms with Gasteiger partial charge in [-0.1, -0.05) is 0 Å². The number of methoxy groups -OCH3 is 1. The van der Waals surface area contributed by atoms with Crippen LogP contribution in [0, 0.1) is 5.82 Å². The van der Waals surface area contributed by atoms with E-state index < -0.39 is 0 Å². The molecule has 2 atom stereocenters. The number of hydrogen-bond donors (Lipinski definition) is 1. The Morgan fingerprint density at radius 3 is 3.20 bits per heavy atom. The van der Waals surface area contributed by atoms with E-state index in [1.165, 1.54) is 6.07 Å². The van der Waals surface area contributed by atoms with Gasteiger partial charge in [-0.3, -0.25) is 0 Å². The highest BCUT2D eigenvalue weighted by atomic mass is 19.1. The second-order valence-electron chi connectivity index (χ2n) is 6.69. The lowest BCUT2D eigenvalue weighted by atomic mass is 9.99. The first-order chi connectivity index (χ1) is 12.2. The highest BCUT2D eigenvalue weighted by molar-refractivity contribution is 5.37. The number of nitrogens with one attached hydrogen (secondary N) is 1. The molecule has 1 aromatic heterocycles. The van der Waals surface area contributed by atoms with Crippen molar-refractivity contribution in [3.63, 3.8) is 0 Å². The van der Waals surface area contributed by atoms with Crippen molar-refractivity contribution >= 4 is 0 Å². The monoisotopic (exact) mass is 346 g/mol. The van der Waals surface area contributed by atoms with Gasteiger partial charge in [0.05, 0.1) is 13.2 Å². The van der Waals surface area contributed by atoms with Crippen LogP contribution in [-0.2, 0) is 24.3 Å². The van der Waals surface area contributed by atoms with Gasteiger partial charge in [0, 0.05) is 31.2 Å². The zero-order chi connectivity index (χ0) is 17.2. The van der Waals surface area contributed by atoms with Gasteiger partial charge in [0.1, 0.15) is 24.0 Å². The number of benzene rings is 1. The minimum Gasteiger partial charge on any atom is -0.493 e. The molecule has 3 heterocycles. The number of halogens is 1. The molecule has 1 aromatic carbocycles. The third-order valence-corrected chi connectivity index (χ3v) is 4.85.